The lowest BCUT2D eigenvalue weighted by atomic mass is 10.9. The number of aliphatic carboxylic acids is 1. The van der Waals surface area contributed by atoms with Gasteiger partial charge in [0, 0.05) is 6.92 Å². The molecule has 0 saturated carbocycles. The lowest BCUT2D eigenvalue weighted by molar-refractivity contribution is -0.134. The minimum absolute atomic E-state index is 0.833. The molecule has 0 aromatic carbocycles. The van der Waals surface area contributed by atoms with E-state index in [1.807, 2.05) is 39.3 Å². The fourth-order valence-corrected chi connectivity index (χ4v) is 30.3. The number of carboxylic acid groups (broad SMARTS) is 1. The highest BCUT2D eigenvalue weighted by molar-refractivity contribution is 6.90. The number of carbonyl (C=O) groups is 1. The van der Waals surface area contributed by atoms with Gasteiger partial charge < -0.3 is 30.5 Å². The molecule has 0 bridgehead atoms. The van der Waals surface area contributed by atoms with E-state index in [4.69, 9.17) is 30.5 Å². The Labute approximate surface area is 184 Å². The van der Waals surface area contributed by atoms with Crippen molar-refractivity contribution in [3.8, 4) is 0 Å². The Hall–Kier alpha value is 0.531. The molecule has 14 heteroatoms. The van der Waals surface area contributed by atoms with Crippen LogP contribution in [0.5, 0.6) is 0 Å². The molecule has 8 nitrogen and oxygen atoms in total. The van der Waals surface area contributed by atoms with Crippen LogP contribution < -0.4 is 0 Å². The van der Waals surface area contributed by atoms with Gasteiger partial charge >= 0.3 is 42.8 Å². The van der Waals surface area contributed by atoms with Crippen LogP contribution in [-0.4, -0.2) is 67.0 Å². The van der Waals surface area contributed by atoms with Gasteiger partial charge in [-0.05, 0) is 85.1 Å². The van der Waals surface area contributed by atoms with E-state index in [2.05, 4.69) is 32.7 Å². The summed E-state index contributed by atoms with van der Waals surface area (Å²) in [5, 5.41) is 7.42. The number of carboxylic acids is 1. The van der Waals surface area contributed by atoms with Crippen molar-refractivity contribution in [1.82, 2.24) is 0 Å². The quantitative estimate of drug-likeness (QED) is 0.406. The van der Waals surface area contributed by atoms with E-state index >= 15 is 0 Å². The first-order valence-corrected chi connectivity index (χ1v) is 27.2. The van der Waals surface area contributed by atoms with Crippen LogP contribution in [0.25, 0.3) is 0 Å². The van der Waals surface area contributed by atoms with E-state index in [0.717, 1.165) is 6.92 Å². The maximum absolute atomic E-state index is 10.1. The monoisotopic (exact) mass is 520 g/mol. The molecule has 0 saturated heterocycles. The second kappa shape index (κ2) is 10.9. The van der Waals surface area contributed by atoms with Crippen molar-refractivity contribution in [2.75, 3.05) is 0 Å². The molecule has 0 aliphatic carbocycles. The van der Waals surface area contributed by atoms with Crippen molar-refractivity contribution >= 4 is 57.1 Å². The average Bonchev–Trinajstić information content (AvgIpc) is 2.11. The van der Waals surface area contributed by atoms with Gasteiger partial charge in [0.25, 0.3) is 5.97 Å². The van der Waals surface area contributed by atoms with E-state index in [0.29, 0.717) is 0 Å². The van der Waals surface area contributed by atoms with Crippen LogP contribution in [0.1, 0.15) is 6.92 Å². The fraction of sp³-hybridized carbons (Fsp3) is 0.933. The zero-order valence-electron chi connectivity index (χ0n) is 20.8. The van der Waals surface area contributed by atoms with Gasteiger partial charge in [-0.15, -0.1) is 0 Å². The highest BCUT2D eigenvalue weighted by Crippen LogP contribution is 2.26. The highest BCUT2D eigenvalue weighted by atomic mass is 28.5. The Bertz CT molecular complexity index is 482. The molecule has 2 N–H and O–H groups in total. The zero-order chi connectivity index (χ0) is 24.1. The average molecular weight is 521 g/mol. The Balaban J connectivity index is 0. The molecule has 0 aromatic rings. The van der Waals surface area contributed by atoms with Crippen molar-refractivity contribution in [3.05, 3.63) is 0 Å². The summed E-state index contributed by atoms with van der Waals surface area (Å²) in [7, 11) is -13.9. The Morgan fingerprint density at radius 2 is 0.759 bits per heavy atom. The summed E-state index contributed by atoms with van der Waals surface area (Å²) in [4.78, 5) is 19.1. The molecule has 0 unspecified atom stereocenters. The molecule has 0 atom stereocenters. The molecule has 0 amide bonds. The number of hydrogen-bond acceptors (Lipinski definition) is 7. The Kier molecular flexibility index (Phi) is 11.9. The molecule has 0 radical (unpaired) electrons. The topological polar surface area (TPSA) is 104 Å². The molecular weight excluding hydrogens is 477 g/mol. The summed E-state index contributed by atoms with van der Waals surface area (Å²) in [6.07, 6.45) is 0. The van der Waals surface area contributed by atoms with Crippen LogP contribution in [0, 0.1) is 0 Å². The van der Waals surface area contributed by atoms with Crippen molar-refractivity contribution in [3.63, 3.8) is 0 Å². The standard InChI is InChI=1S/C13H40O6Si6.C2H4O2/c1-20(2,3)15-22(6,7)17-24(10,11)19-25(12,13)18-23(8,9)16-21(4,5)14;1-2(3)4/h14H,1-13H3;1H3,(H,3,4). The molecule has 29 heavy (non-hydrogen) atoms. The zero-order valence-corrected chi connectivity index (χ0v) is 26.8. The van der Waals surface area contributed by atoms with Gasteiger partial charge in [-0.3, -0.25) is 4.79 Å². The Morgan fingerprint density at radius 3 is 0.966 bits per heavy atom. The van der Waals surface area contributed by atoms with Crippen LogP contribution in [0.3, 0.4) is 0 Å². The Morgan fingerprint density at radius 1 is 0.552 bits per heavy atom. The minimum Gasteiger partial charge on any atom is -0.481 e. The third kappa shape index (κ3) is 21.5. The van der Waals surface area contributed by atoms with Gasteiger partial charge in [0.05, 0.1) is 0 Å². The lowest BCUT2D eigenvalue weighted by Crippen LogP contribution is -2.59. The SMILES string of the molecule is CC(=O)O.C[Si](C)(C)O[Si](C)(C)O[Si](C)(C)O[Si](C)(C)O[Si](C)(C)O[Si](C)(C)O. The van der Waals surface area contributed by atoms with Gasteiger partial charge in [-0.25, -0.2) is 0 Å². The first-order chi connectivity index (χ1) is 12.3. The number of hydrogen-bond donors (Lipinski definition) is 2. The van der Waals surface area contributed by atoms with Crippen molar-refractivity contribution in [2.45, 2.75) is 92.0 Å². The predicted octanol–water partition coefficient (Wildman–Crippen LogP) is 4.50. The molecular formula is C15H44O8Si6. The van der Waals surface area contributed by atoms with Crippen LogP contribution in [0.15, 0.2) is 0 Å². The first kappa shape index (κ1) is 31.7. The predicted molar refractivity (Wildman–Crippen MR) is 132 cm³/mol. The summed E-state index contributed by atoms with van der Waals surface area (Å²) < 4.78 is 31.3. The maximum Gasteiger partial charge on any atom is 0.320 e. The molecule has 0 aromatic heterocycles. The fourth-order valence-electron chi connectivity index (χ4n) is 3.20. The van der Waals surface area contributed by atoms with Crippen LogP contribution in [-0.2, 0) is 25.4 Å². The maximum atomic E-state index is 10.1. The molecule has 0 aliphatic heterocycles. The van der Waals surface area contributed by atoms with Crippen LogP contribution in [0.2, 0.25) is 85.1 Å². The van der Waals surface area contributed by atoms with Crippen molar-refractivity contribution in [2.24, 2.45) is 0 Å². The van der Waals surface area contributed by atoms with Gasteiger partial charge in [0.15, 0.2) is 8.32 Å². The smallest absolute Gasteiger partial charge is 0.320 e. The molecule has 0 rings (SSSR count). The van der Waals surface area contributed by atoms with Crippen LogP contribution in [0.4, 0.5) is 0 Å². The van der Waals surface area contributed by atoms with Gasteiger partial charge in [-0.2, -0.15) is 0 Å². The second-order valence-electron chi connectivity index (χ2n) is 10.2. The normalized spacial score (nSPS) is 14.3. The molecule has 0 heterocycles. The van der Waals surface area contributed by atoms with E-state index < -0.39 is 57.1 Å². The van der Waals surface area contributed by atoms with Crippen LogP contribution >= 0.6 is 0 Å². The summed E-state index contributed by atoms with van der Waals surface area (Å²) in [6.45, 7) is 27.3. The molecule has 0 aliphatic rings. The minimum atomic E-state index is -2.64. The first-order valence-electron chi connectivity index (χ1n) is 9.69. The molecule has 176 valence electrons. The third-order valence-electron chi connectivity index (χ3n) is 2.52. The van der Waals surface area contributed by atoms with E-state index in [1.54, 1.807) is 13.1 Å². The molecule has 0 fully saturated rings. The van der Waals surface area contributed by atoms with Gasteiger partial charge in [-0.1, -0.05) is 0 Å². The van der Waals surface area contributed by atoms with E-state index in [-0.39, 0.29) is 0 Å². The van der Waals surface area contributed by atoms with Gasteiger partial charge in [0.1, 0.15) is 0 Å². The highest BCUT2D eigenvalue weighted by Gasteiger charge is 2.46. The summed E-state index contributed by atoms with van der Waals surface area (Å²) in [6, 6.07) is 0. The second-order valence-corrected chi connectivity index (χ2v) is 32.6. The summed E-state index contributed by atoms with van der Waals surface area (Å²) in [5.41, 5.74) is 0. The summed E-state index contributed by atoms with van der Waals surface area (Å²) >= 11 is 0. The van der Waals surface area contributed by atoms with Crippen molar-refractivity contribution < 1.29 is 35.3 Å². The van der Waals surface area contributed by atoms with Gasteiger partial charge in [0.2, 0.25) is 0 Å². The third-order valence-corrected chi connectivity index (χ3v) is 22.7. The molecule has 0 spiro atoms. The van der Waals surface area contributed by atoms with E-state index in [9.17, 15) is 4.80 Å². The summed E-state index contributed by atoms with van der Waals surface area (Å²) in [5.74, 6) is -0.833. The number of rotatable bonds is 10. The van der Waals surface area contributed by atoms with Crippen molar-refractivity contribution in [1.29, 1.82) is 0 Å². The lowest BCUT2D eigenvalue weighted by Gasteiger charge is -2.42. The van der Waals surface area contributed by atoms with E-state index in [1.165, 1.54) is 0 Å². The largest absolute Gasteiger partial charge is 0.481 e.